The zero-order chi connectivity index (χ0) is 20.8. The summed E-state index contributed by atoms with van der Waals surface area (Å²) in [5.41, 5.74) is 3.16. The van der Waals surface area contributed by atoms with E-state index in [9.17, 15) is 10.1 Å². The molecule has 1 aromatic carbocycles. The molecular weight excluding hydrogens is 396 g/mol. The van der Waals surface area contributed by atoms with Gasteiger partial charge in [0.2, 0.25) is 0 Å². The van der Waals surface area contributed by atoms with Gasteiger partial charge < -0.3 is 0 Å². The van der Waals surface area contributed by atoms with Crippen LogP contribution in [0.1, 0.15) is 11.1 Å². The van der Waals surface area contributed by atoms with Crippen LogP contribution in [0.15, 0.2) is 78.2 Å². The first-order valence-corrected chi connectivity index (χ1v) is 9.95. The van der Waals surface area contributed by atoms with E-state index in [-0.39, 0.29) is 5.57 Å². The number of hydrogen-bond acceptors (Lipinski definition) is 6. The van der Waals surface area contributed by atoms with Crippen molar-refractivity contribution in [2.75, 3.05) is 5.32 Å². The molecule has 0 aliphatic carbocycles. The van der Waals surface area contributed by atoms with Gasteiger partial charge in [-0.3, -0.25) is 19.8 Å². The van der Waals surface area contributed by atoms with Crippen LogP contribution in [0, 0.1) is 11.3 Å². The van der Waals surface area contributed by atoms with Gasteiger partial charge in [-0.1, -0.05) is 30.3 Å². The molecule has 0 saturated carbocycles. The maximum absolute atomic E-state index is 12.5. The summed E-state index contributed by atoms with van der Waals surface area (Å²) in [7, 11) is 0. The Kier molecular flexibility index (Phi) is 5.73. The molecule has 1 amide bonds. The number of hydrogen-bond donors (Lipinski definition) is 1. The van der Waals surface area contributed by atoms with Gasteiger partial charge in [-0.15, -0.1) is 11.3 Å². The van der Waals surface area contributed by atoms with Crippen LogP contribution in [0.2, 0.25) is 0 Å². The maximum atomic E-state index is 12.5. The largest absolute Gasteiger partial charge is 0.297 e. The van der Waals surface area contributed by atoms with Crippen LogP contribution >= 0.6 is 11.3 Å². The SMILES string of the molecule is N#C/C(=C\c1cn(Cc2ccccc2)nc1-c1cccnc1)C(=O)Nc1nccs1. The first kappa shape index (κ1) is 19.2. The van der Waals surface area contributed by atoms with E-state index in [0.29, 0.717) is 22.9 Å². The number of aromatic nitrogens is 4. The van der Waals surface area contributed by atoms with Gasteiger partial charge in [-0.25, -0.2) is 4.98 Å². The lowest BCUT2D eigenvalue weighted by atomic mass is 10.1. The lowest BCUT2D eigenvalue weighted by molar-refractivity contribution is -0.112. The summed E-state index contributed by atoms with van der Waals surface area (Å²) in [5, 5.41) is 19.1. The molecule has 0 saturated heterocycles. The van der Waals surface area contributed by atoms with Crippen molar-refractivity contribution in [1.29, 1.82) is 5.26 Å². The van der Waals surface area contributed by atoms with Gasteiger partial charge in [-0.05, 0) is 23.8 Å². The topological polar surface area (TPSA) is 96.5 Å². The Morgan fingerprint density at radius 3 is 2.77 bits per heavy atom. The lowest BCUT2D eigenvalue weighted by Gasteiger charge is -2.01. The van der Waals surface area contributed by atoms with Crippen LogP contribution in [0.4, 0.5) is 5.13 Å². The minimum absolute atomic E-state index is 0.0328. The third-order valence-electron chi connectivity index (χ3n) is 4.23. The van der Waals surface area contributed by atoms with E-state index in [4.69, 9.17) is 0 Å². The average Bonchev–Trinajstić information content (AvgIpc) is 3.43. The minimum Gasteiger partial charge on any atom is -0.297 e. The van der Waals surface area contributed by atoms with Gasteiger partial charge in [0.1, 0.15) is 17.3 Å². The van der Waals surface area contributed by atoms with Crippen molar-refractivity contribution < 1.29 is 4.79 Å². The van der Waals surface area contributed by atoms with Crippen molar-refractivity contribution in [2.24, 2.45) is 0 Å². The van der Waals surface area contributed by atoms with Gasteiger partial charge in [-0.2, -0.15) is 10.4 Å². The van der Waals surface area contributed by atoms with Crippen molar-refractivity contribution >= 4 is 28.5 Å². The summed E-state index contributed by atoms with van der Waals surface area (Å²) >= 11 is 1.29. The van der Waals surface area contributed by atoms with Crippen molar-refractivity contribution in [3.8, 4) is 17.3 Å². The molecule has 8 heteroatoms. The number of carbonyl (C=O) groups is 1. The van der Waals surface area contributed by atoms with Crippen LogP contribution in [-0.4, -0.2) is 25.7 Å². The number of carbonyl (C=O) groups excluding carboxylic acids is 1. The Labute approximate surface area is 177 Å². The zero-order valence-corrected chi connectivity index (χ0v) is 16.6. The minimum atomic E-state index is -0.514. The summed E-state index contributed by atoms with van der Waals surface area (Å²) < 4.78 is 1.79. The highest BCUT2D eigenvalue weighted by atomic mass is 32.1. The average molecular weight is 412 g/mol. The molecule has 0 radical (unpaired) electrons. The fraction of sp³-hybridized carbons (Fsp3) is 0.0455. The fourth-order valence-electron chi connectivity index (χ4n) is 2.87. The number of nitrogens with one attached hydrogen (secondary N) is 1. The first-order valence-electron chi connectivity index (χ1n) is 9.07. The second-order valence-electron chi connectivity index (χ2n) is 6.32. The molecule has 146 valence electrons. The van der Waals surface area contributed by atoms with Gasteiger partial charge in [0, 0.05) is 41.3 Å². The molecule has 7 nitrogen and oxygen atoms in total. The summed E-state index contributed by atoms with van der Waals surface area (Å²) in [6.07, 6.45) is 8.34. The predicted molar refractivity (Wildman–Crippen MR) is 115 cm³/mol. The van der Waals surface area contributed by atoms with Crippen LogP contribution in [-0.2, 0) is 11.3 Å². The summed E-state index contributed by atoms with van der Waals surface area (Å²) in [5.74, 6) is -0.514. The molecule has 0 spiro atoms. The molecule has 3 heterocycles. The number of anilines is 1. The Hall–Kier alpha value is -4.09. The number of amides is 1. The van der Waals surface area contributed by atoms with Crippen molar-refractivity contribution in [2.45, 2.75) is 6.54 Å². The van der Waals surface area contributed by atoms with Crippen molar-refractivity contribution in [3.05, 3.63) is 89.3 Å². The summed E-state index contributed by atoms with van der Waals surface area (Å²) in [4.78, 5) is 20.7. The second-order valence-corrected chi connectivity index (χ2v) is 7.21. The number of rotatable bonds is 6. The maximum Gasteiger partial charge on any atom is 0.268 e. The zero-order valence-electron chi connectivity index (χ0n) is 15.8. The van der Waals surface area contributed by atoms with Crippen molar-refractivity contribution in [1.82, 2.24) is 19.7 Å². The fourth-order valence-corrected chi connectivity index (χ4v) is 3.40. The van der Waals surface area contributed by atoms with E-state index < -0.39 is 5.91 Å². The Morgan fingerprint density at radius 1 is 1.20 bits per heavy atom. The number of pyridine rings is 1. The highest BCUT2D eigenvalue weighted by Crippen LogP contribution is 2.24. The summed E-state index contributed by atoms with van der Waals surface area (Å²) in [6, 6.07) is 15.6. The quantitative estimate of drug-likeness (QED) is 0.381. The summed E-state index contributed by atoms with van der Waals surface area (Å²) in [6.45, 7) is 0.565. The molecule has 4 rings (SSSR count). The molecule has 0 bridgehead atoms. The Balaban J connectivity index is 1.70. The van der Waals surface area contributed by atoms with Crippen LogP contribution in [0.5, 0.6) is 0 Å². The van der Waals surface area contributed by atoms with Crippen LogP contribution in [0.25, 0.3) is 17.3 Å². The third kappa shape index (κ3) is 4.48. The van der Waals surface area contributed by atoms with E-state index in [1.165, 1.54) is 11.3 Å². The van der Waals surface area contributed by atoms with Gasteiger partial charge >= 0.3 is 0 Å². The predicted octanol–water partition coefficient (Wildman–Crippen LogP) is 4.00. The molecule has 3 aromatic heterocycles. The van der Waals surface area contributed by atoms with E-state index >= 15 is 0 Å². The van der Waals surface area contributed by atoms with Crippen LogP contribution in [0.3, 0.4) is 0 Å². The Bertz CT molecular complexity index is 1210. The molecule has 0 fully saturated rings. The molecule has 1 N–H and O–H groups in total. The molecular formula is C22H16N6OS. The highest BCUT2D eigenvalue weighted by Gasteiger charge is 2.15. The second kappa shape index (κ2) is 8.94. The van der Waals surface area contributed by atoms with Crippen LogP contribution < -0.4 is 5.32 Å². The third-order valence-corrected chi connectivity index (χ3v) is 4.92. The standard InChI is InChI=1S/C22H16N6OS/c23-12-18(21(29)26-22-25-9-10-30-22)11-19-15-28(14-16-5-2-1-3-6-16)27-20(19)17-7-4-8-24-13-17/h1-11,13,15H,14H2,(H,25,26,29)/b18-11+. The molecule has 0 atom stereocenters. The Morgan fingerprint density at radius 2 is 2.07 bits per heavy atom. The lowest BCUT2D eigenvalue weighted by Crippen LogP contribution is -2.13. The number of thiazole rings is 1. The molecule has 0 unspecified atom stereocenters. The number of nitrogens with zero attached hydrogens (tertiary/aromatic N) is 5. The molecule has 4 aromatic rings. The van der Waals surface area contributed by atoms with Gasteiger partial charge in [0.25, 0.3) is 5.91 Å². The van der Waals surface area contributed by atoms with Crippen molar-refractivity contribution in [3.63, 3.8) is 0 Å². The van der Waals surface area contributed by atoms with E-state index in [1.54, 1.807) is 34.7 Å². The van der Waals surface area contributed by atoms with E-state index in [2.05, 4.69) is 20.4 Å². The first-order chi connectivity index (χ1) is 14.7. The van der Waals surface area contributed by atoms with E-state index in [0.717, 1.165) is 11.1 Å². The van der Waals surface area contributed by atoms with Gasteiger partial charge in [0.15, 0.2) is 5.13 Å². The van der Waals surface area contributed by atoms with E-state index in [1.807, 2.05) is 54.7 Å². The number of benzene rings is 1. The molecule has 0 aliphatic heterocycles. The molecule has 30 heavy (non-hydrogen) atoms. The monoisotopic (exact) mass is 412 g/mol. The normalized spacial score (nSPS) is 11.1. The molecule has 0 aliphatic rings. The number of nitriles is 1. The smallest absolute Gasteiger partial charge is 0.268 e. The van der Waals surface area contributed by atoms with Gasteiger partial charge in [0.05, 0.1) is 6.54 Å². The highest BCUT2D eigenvalue weighted by molar-refractivity contribution is 7.13.